The van der Waals surface area contributed by atoms with E-state index in [1.54, 1.807) is 37.3 Å². The number of rotatable bonds is 5. The molecule has 1 aromatic carbocycles. The summed E-state index contributed by atoms with van der Waals surface area (Å²) in [6, 6.07) is 8.60. The molecule has 0 radical (unpaired) electrons. The number of benzene rings is 1. The van der Waals surface area contributed by atoms with E-state index in [1.165, 1.54) is 12.2 Å². The topological polar surface area (TPSA) is 20.3 Å². The number of hydrogen-bond donors (Lipinski definition) is 0. The number of hydrogen-bond acceptors (Lipinski definition) is 1. The Morgan fingerprint density at radius 1 is 1.29 bits per heavy atom. The molecular formula is C13H13F2NO. The summed E-state index contributed by atoms with van der Waals surface area (Å²) in [5, 5.41) is 0. The van der Waals surface area contributed by atoms with Gasteiger partial charge in [-0.15, -0.1) is 0 Å². The number of carbonyl (C=O) groups is 1. The van der Waals surface area contributed by atoms with Gasteiger partial charge >= 0.3 is 0 Å². The maximum Gasteiger partial charge on any atom is 0.265 e. The minimum absolute atomic E-state index is 0.205. The molecule has 0 saturated carbocycles. The van der Waals surface area contributed by atoms with Gasteiger partial charge in [-0.3, -0.25) is 9.69 Å². The summed E-state index contributed by atoms with van der Waals surface area (Å²) in [5.74, 6) is 0. The third kappa shape index (κ3) is 3.83. The van der Waals surface area contributed by atoms with Crippen LogP contribution in [-0.4, -0.2) is 12.8 Å². The number of para-hydroxylation sites is 1. The van der Waals surface area contributed by atoms with Crippen LogP contribution in [0.2, 0.25) is 0 Å². The zero-order chi connectivity index (χ0) is 12.7. The van der Waals surface area contributed by atoms with E-state index in [2.05, 4.69) is 0 Å². The predicted molar refractivity (Wildman–Crippen MR) is 63.9 cm³/mol. The molecule has 2 nitrogen and oxygen atoms in total. The summed E-state index contributed by atoms with van der Waals surface area (Å²) in [6.07, 6.45) is 1.81. The van der Waals surface area contributed by atoms with Crippen LogP contribution in [0, 0.1) is 0 Å². The van der Waals surface area contributed by atoms with Crippen molar-refractivity contribution in [3.8, 4) is 0 Å². The Bertz CT molecular complexity index is 413. The SMILES string of the molecule is C/C=C\C(=C/N(C=O)c1ccccc1)C(F)F. The number of nitrogens with zero attached hydrogens (tertiary/aromatic N) is 1. The van der Waals surface area contributed by atoms with Crippen LogP contribution in [0.4, 0.5) is 14.5 Å². The van der Waals surface area contributed by atoms with Crippen molar-refractivity contribution in [3.05, 3.63) is 54.3 Å². The lowest BCUT2D eigenvalue weighted by molar-refractivity contribution is -0.106. The number of alkyl halides is 2. The Labute approximate surface area is 98.9 Å². The summed E-state index contributed by atoms with van der Waals surface area (Å²) < 4.78 is 25.3. The van der Waals surface area contributed by atoms with Crippen molar-refractivity contribution in [2.45, 2.75) is 13.3 Å². The molecule has 0 heterocycles. The third-order valence-electron chi connectivity index (χ3n) is 2.07. The molecule has 0 aliphatic rings. The van der Waals surface area contributed by atoms with Crippen molar-refractivity contribution < 1.29 is 13.6 Å². The molecule has 1 amide bonds. The summed E-state index contributed by atoms with van der Waals surface area (Å²) in [7, 11) is 0. The molecule has 0 N–H and O–H groups in total. The second-order valence-corrected chi connectivity index (χ2v) is 3.28. The number of amides is 1. The van der Waals surface area contributed by atoms with Gasteiger partial charge < -0.3 is 0 Å². The number of carbonyl (C=O) groups excluding carboxylic acids is 1. The number of allylic oxidation sites excluding steroid dienone is 3. The number of anilines is 1. The highest BCUT2D eigenvalue weighted by molar-refractivity contribution is 5.77. The average molecular weight is 237 g/mol. The van der Waals surface area contributed by atoms with E-state index < -0.39 is 6.43 Å². The van der Waals surface area contributed by atoms with E-state index in [9.17, 15) is 13.6 Å². The molecule has 0 saturated heterocycles. The molecule has 1 rings (SSSR count). The van der Waals surface area contributed by atoms with Crippen molar-refractivity contribution >= 4 is 12.1 Å². The maximum absolute atomic E-state index is 12.6. The fraction of sp³-hybridized carbons (Fsp3) is 0.154. The van der Waals surface area contributed by atoms with E-state index >= 15 is 0 Å². The molecule has 0 aliphatic carbocycles. The van der Waals surface area contributed by atoms with Crippen molar-refractivity contribution in [2.75, 3.05) is 4.90 Å². The number of halogens is 2. The lowest BCUT2D eigenvalue weighted by Crippen LogP contribution is -2.15. The van der Waals surface area contributed by atoms with Gasteiger partial charge in [-0.25, -0.2) is 8.78 Å². The van der Waals surface area contributed by atoms with Crippen molar-refractivity contribution in [1.82, 2.24) is 0 Å². The second kappa shape index (κ2) is 6.58. The van der Waals surface area contributed by atoms with Crippen LogP contribution < -0.4 is 4.90 Å². The smallest absolute Gasteiger partial charge is 0.265 e. The van der Waals surface area contributed by atoms with E-state index in [-0.39, 0.29) is 5.57 Å². The highest BCUT2D eigenvalue weighted by Crippen LogP contribution is 2.16. The monoisotopic (exact) mass is 237 g/mol. The van der Waals surface area contributed by atoms with Crippen molar-refractivity contribution in [2.24, 2.45) is 0 Å². The molecule has 0 fully saturated rings. The summed E-state index contributed by atoms with van der Waals surface area (Å²) >= 11 is 0. The van der Waals surface area contributed by atoms with Gasteiger partial charge in [0.1, 0.15) is 0 Å². The van der Waals surface area contributed by atoms with Crippen LogP contribution in [-0.2, 0) is 4.79 Å². The van der Waals surface area contributed by atoms with E-state index in [0.29, 0.717) is 12.1 Å². The third-order valence-corrected chi connectivity index (χ3v) is 2.07. The maximum atomic E-state index is 12.6. The summed E-state index contributed by atoms with van der Waals surface area (Å²) in [6.45, 7) is 1.64. The first-order valence-electron chi connectivity index (χ1n) is 5.10. The first-order chi connectivity index (χ1) is 8.19. The van der Waals surface area contributed by atoms with E-state index in [0.717, 1.165) is 11.1 Å². The molecule has 4 heteroatoms. The average Bonchev–Trinajstić information content (AvgIpc) is 2.35. The Morgan fingerprint density at radius 3 is 2.41 bits per heavy atom. The highest BCUT2D eigenvalue weighted by Gasteiger charge is 2.10. The Hall–Kier alpha value is -1.97. The zero-order valence-corrected chi connectivity index (χ0v) is 9.38. The molecule has 0 aromatic heterocycles. The van der Waals surface area contributed by atoms with Gasteiger partial charge in [0.15, 0.2) is 0 Å². The normalized spacial score (nSPS) is 12.1. The van der Waals surface area contributed by atoms with Gasteiger partial charge in [0.2, 0.25) is 6.41 Å². The lowest BCUT2D eigenvalue weighted by atomic mass is 10.2. The molecule has 17 heavy (non-hydrogen) atoms. The van der Waals surface area contributed by atoms with Gasteiger partial charge in [0.25, 0.3) is 6.43 Å². The largest absolute Gasteiger partial charge is 0.290 e. The Morgan fingerprint density at radius 2 is 1.94 bits per heavy atom. The summed E-state index contributed by atoms with van der Waals surface area (Å²) in [5.41, 5.74) is 0.341. The molecule has 0 bridgehead atoms. The molecule has 0 atom stereocenters. The fourth-order valence-electron chi connectivity index (χ4n) is 1.29. The van der Waals surface area contributed by atoms with E-state index in [4.69, 9.17) is 0 Å². The minimum atomic E-state index is -2.61. The first kappa shape index (κ1) is 13.1. The minimum Gasteiger partial charge on any atom is -0.290 e. The first-order valence-corrected chi connectivity index (χ1v) is 5.10. The lowest BCUT2D eigenvalue weighted by Gasteiger charge is -2.13. The van der Waals surface area contributed by atoms with E-state index in [1.807, 2.05) is 0 Å². The summed E-state index contributed by atoms with van der Waals surface area (Å²) in [4.78, 5) is 12.0. The fourth-order valence-corrected chi connectivity index (χ4v) is 1.29. The van der Waals surface area contributed by atoms with Gasteiger partial charge in [0.05, 0.1) is 0 Å². The standard InChI is InChI=1S/C13H13F2NO/c1-2-6-11(13(14)15)9-16(10-17)12-7-4-3-5-8-12/h2-10,13H,1H3/b6-2-,11-9+. The van der Waals surface area contributed by atoms with Crippen LogP contribution in [0.3, 0.4) is 0 Å². The van der Waals surface area contributed by atoms with Crippen LogP contribution in [0.5, 0.6) is 0 Å². The molecule has 90 valence electrons. The quantitative estimate of drug-likeness (QED) is 0.568. The highest BCUT2D eigenvalue weighted by atomic mass is 19.3. The Balaban J connectivity index is 3.03. The Kier molecular flexibility index (Phi) is 5.07. The molecular weight excluding hydrogens is 224 g/mol. The van der Waals surface area contributed by atoms with Crippen LogP contribution >= 0.6 is 0 Å². The molecule has 1 aromatic rings. The van der Waals surface area contributed by atoms with Crippen LogP contribution in [0.25, 0.3) is 0 Å². The van der Waals surface area contributed by atoms with Crippen molar-refractivity contribution in [1.29, 1.82) is 0 Å². The van der Waals surface area contributed by atoms with Crippen molar-refractivity contribution in [3.63, 3.8) is 0 Å². The zero-order valence-electron chi connectivity index (χ0n) is 9.38. The van der Waals surface area contributed by atoms with Gasteiger partial charge in [-0.2, -0.15) is 0 Å². The molecule has 0 spiro atoms. The van der Waals surface area contributed by atoms with Crippen LogP contribution in [0.15, 0.2) is 54.3 Å². The van der Waals surface area contributed by atoms with Crippen LogP contribution in [0.1, 0.15) is 6.92 Å². The second-order valence-electron chi connectivity index (χ2n) is 3.28. The van der Waals surface area contributed by atoms with Gasteiger partial charge in [-0.05, 0) is 19.1 Å². The molecule has 0 unspecified atom stereocenters. The molecule has 0 aliphatic heterocycles. The van der Waals surface area contributed by atoms with Gasteiger partial charge in [0, 0.05) is 17.5 Å². The van der Waals surface area contributed by atoms with Gasteiger partial charge in [-0.1, -0.05) is 30.4 Å². The predicted octanol–water partition coefficient (Wildman–Crippen LogP) is 3.37.